The maximum Gasteiger partial charge on any atom is 0.223 e. The minimum absolute atomic E-state index is 0.0249. The Hall–Kier alpha value is -1.54. The first kappa shape index (κ1) is 21.5. The van der Waals surface area contributed by atoms with E-state index < -0.39 is 0 Å². The predicted octanol–water partition coefficient (Wildman–Crippen LogP) is 1.70. The molecular weight excluding hydrogens is 292 g/mol. The number of hydrogen-bond acceptors (Lipinski definition) is 3. The molecule has 0 unspecified atom stereocenters. The van der Waals surface area contributed by atoms with E-state index >= 15 is 0 Å². The van der Waals surface area contributed by atoms with Gasteiger partial charge in [-0.05, 0) is 24.2 Å². The Labute approximate surface area is 140 Å². The van der Waals surface area contributed by atoms with Gasteiger partial charge in [-0.3, -0.25) is 9.59 Å². The van der Waals surface area contributed by atoms with E-state index in [2.05, 4.69) is 16.6 Å². The lowest BCUT2D eigenvalue weighted by atomic mass is 9.78. The molecule has 0 aliphatic carbocycles. The Bertz CT molecular complexity index is 411. The first-order valence-electron chi connectivity index (χ1n) is 8.32. The third-order valence-electron chi connectivity index (χ3n) is 3.81. The van der Waals surface area contributed by atoms with Gasteiger partial charge in [0, 0.05) is 38.5 Å². The van der Waals surface area contributed by atoms with Crippen molar-refractivity contribution in [3.05, 3.63) is 0 Å². The Morgan fingerprint density at radius 3 is 2.35 bits per heavy atom. The number of unbranched alkanes of at least 4 members (excludes halogenated alkanes) is 1. The van der Waals surface area contributed by atoms with Gasteiger partial charge in [-0.2, -0.15) is 0 Å². The zero-order valence-electron chi connectivity index (χ0n) is 14.9. The normalized spacial score (nSPS) is 12.6. The highest BCUT2D eigenvalue weighted by atomic mass is 16.3. The molecule has 132 valence electrons. The zero-order valence-corrected chi connectivity index (χ0v) is 14.9. The summed E-state index contributed by atoms with van der Waals surface area (Å²) in [5, 5.41) is 15.0. The summed E-state index contributed by atoms with van der Waals surface area (Å²) < 4.78 is 0. The molecule has 0 aromatic rings. The van der Waals surface area contributed by atoms with E-state index in [0.29, 0.717) is 38.8 Å². The Morgan fingerprint density at radius 1 is 1.22 bits per heavy atom. The van der Waals surface area contributed by atoms with Gasteiger partial charge in [-0.15, -0.1) is 12.3 Å². The van der Waals surface area contributed by atoms with Gasteiger partial charge in [0.1, 0.15) is 0 Å². The van der Waals surface area contributed by atoms with Crippen molar-refractivity contribution < 1.29 is 14.7 Å². The third kappa shape index (κ3) is 9.96. The van der Waals surface area contributed by atoms with Crippen LogP contribution in [0.3, 0.4) is 0 Å². The number of hydrogen-bond donors (Lipinski definition) is 3. The molecule has 0 aromatic heterocycles. The third-order valence-corrected chi connectivity index (χ3v) is 3.81. The summed E-state index contributed by atoms with van der Waals surface area (Å²) in [6, 6.07) is 0. The van der Waals surface area contributed by atoms with Crippen molar-refractivity contribution >= 4 is 11.8 Å². The summed E-state index contributed by atoms with van der Waals surface area (Å²) in [5.74, 6) is 2.47. The fraction of sp³-hybridized carbons (Fsp3) is 0.778. The predicted molar refractivity (Wildman–Crippen MR) is 92.5 cm³/mol. The number of aliphatic hydroxyl groups is 1. The lowest BCUT2D eigenvalue weighted by Gasteiger charge is -2.29. The van der Waals surface area contributed by atoms with Gasteiger partial charge in [0.15, 0.2) is 0 Å². The van der Waals surface area contributed by atoms with Crippen LogP contribution in [0.4, 0.5) is 0 Å². The van der Waals surface area contributed by atoms with Gasteiger partial charge in [0.2, 0.25) is 11.8 Å². The molecule has 23 heavy (non-hydrogen) atoms. The summed E-state index contributed by atoms with van der Waals surface area (Å²) in [7, 11) is 0. The van der Waals surface area contributed by atoms with Crippen molar-refractivity contribution in [1.29, 1.82) is 0 Å². The molecule has 0 saturated heterocycles. The molecule has 0 aliphatic rings. The van der Waals surface area contributed by atoms with Crippen LogP contribution in [0.5, 0.6) is 0 Å². The van der Waals surface area contributed by atoms with Crippen LogP contribution in [0, 0.1) is 29.6 Å². The molecule has 3 N–H and O–H groups in total. The molecule has 0 radical (unpaired) electrons. The number of amides is 2. The molecule has 0 saturated carbocycles. The molecule has 0 heterocycles. The standard InChI is InChI=1S/C18H32N2O3/c1-6-7-8-9-16(22)19-10-11-20-17(23)15(14(2)3)12-18(4,5)13-21/h1,14-15,21H,7-13H2,2-5H3,(H,19,22)(H,20,23)/t15-/m0/s1. The average molecular weight is 324 g/mol. The second kappa shape index (κ2) is 11.1. The monoisotopic (exact) mass is 324 g/mol. The van der Waals surface area contributed by atoms with Gasteiger partial charge in [-0.1, -0.05) is 27.7 Å². The fourth-order valence-electron chi connectivity index (χ4n) is 2.25. The van der Waals surface area contributed by atoms with E-state index in [1.54, 1.807) is 0 Å². The highest BCUT2D eigenvalue weighted by Gasteiger charge is 2.29. The van der Waals surface area contributed by atoms with E-state index in [1.807, 2.05) is 27.7 Å². The summed E-state index contributed by atoms with van der Waals surface area (Å²) in [4.78, 5) is 23.8. The number of rotatable bonds is 11. The smallest absolute Gasteiger partial charge is 0.223 e. The molecule has 0 bridgehead atoms. The summed E-state index contributed by atoms with van der Waals surface area (Å²) in [6.45, 7) is 8.78. The number of carbonyl (C=O) groups is 2. The maximum atomic E-state index is 12.3. The van der Waals surface area contributed by atoms with Crippen LogP contribution in [0.25, 0.3) is 0 Å². The summed E-state index contributed by atoms with van der Waals surface area (Å²) >= 11 is 0. The van der Waals surface area contributed by atoms with E-state index in [-0.39, 0.29) is 35.7 Å². The zero-order chi connectivity index (χ0) is 17.9. The molecule has 0 aliphatic heterocycles. The van der Waals surface area contributed by atoms with Crippen LogP contribution >= 0.6 is 0 Å². The minimum Gasteiger partial charge on any atom is -0.396 e. The number of terminal acetylenes is 1. The van der Waals surface area contributed by atoms with Crippen molar-refractivity contribution in [3.63, 3.8) is 0 Å². The second-order valence-electron chi connectivity index (χ2n) is 7.08. The average Bonchev–Trinajstić information content (AvgIpc) is 2.49. The summed E-state index contributed by atoms with van der Waals surface area (Å²) in [6.07, 6.45) is 7.45. The van der Waals surface area contributed by atoms with E-state index in [4.69, 9.17) is 6.42 Å². The molecular formula is C18H32N2O3. The van der Waals surface area contributed by atoms with Crippen LogP contribution < -0.4 is 10.6 Å². The second-order valence-corrected chi connectivity index (χ2v) is 7.08. The van der Waals surface area contributed by atoms with Crippen LogP contribution in [-0.2, 0) is 9.59 Å². The first-order chi connectivity index (χ1) is 10.7. The van der Waals surface area contributed by atoms with Crippen LogP contribution in [0.2, 0.25) is 0 Å². The van der Waals surface area contributed by atoms with Crippen molar-refractivity contribution in [3.8, 4) is 12.3 Å². The minimum atomic E-state index is -0.280. The molecule has 0 fully saturated rings. The Morgan fingerprint density at radius 2 is 1.83 bits per heavy atom. The largest absolute Gasteiger partial charge is 0.396 e. The maximum absolute atomic E-state index is 12.3. The number of nitrogens with one attached hydrogen (secondary N) is 2. The molecule has 0 spiro atoms. The van der Waals surface area contributed by atoms with Crippen LogP contribution in [0.1, 0.15) is 53.4 Å². The lowest BCUT2D eigenvalue weighted by molar-refractivity contribution is -0.128. The van der Waals surface area contributed by atoms with Gasteiger partial charge in [-0.25, -0.2) is 0 Å². The first-order valence-corrected chi connectivity index (χ1v) is 8.32. The van der Waals surface area contributed by atoms with E-state index in [1.165, 1.54) is 0 Å². The van der Waals surface area contributed by atoms with Gasteiger partial charge in [0.05, 0.1) is 0 Å². The van der Waals surface area contributed by atoms with Crippen molar-refractivity contribution in [1.82, 2.24) is 10.6 Å². The quantitative estimate of drug-likeness (QED) is 0.400. The summed E-state index contributed by atoms with van der Waals surface area (Å²) in [5.41, 5.74) is -0.280. The molecule has 5 nitrogen and oxygen atoms in total. The molecule has 5 heteroatoms. The van der Waals surface area contributed by atoms with E-state index in [0.717, 1.165) is 0 Å². The van der Waals surface area contributed by atoms with Gasteiger partial charge < -0.3 is 15.7 Å². The van der Waals surface area contributed by atoms with Crippen LogP contribution in [-0.4, -0.2) is 36.6 Å². The Kier molecular flexibility index (Phi) is 10.3. The van der Waals surface area contributed by atoms with Gasteiger partial charge >= 0.3 is 0 Å². The van der Waals surface area contributed by atoms with E-state index in [9.17, 15) is 14.7 Å². The Balaban J connectivity index is 4.15. The molecule has 2 amide bonds. The van der Waals surface area contributed by atoms with Crippen LogP contribution in [0.15, 0.2) is 0 Å². The highest BCUT2D eigenvalue weighted by molar-refractivity contribution is 5.79. The molecule has 1 atom stereocenters. The molecule has 0 aromatic carbocycles. The fourth-order valence-corrected chi connectivity index (χ4v) is 2.25. The van der Waals surface area contributed by atoms with Crippen molar-refractivity contribution in [2.24, 2.45) is 17.3 Å². The SMILES string of the molecule is C#CCCCC(=O)NCCNC(=O)[C@@H](CC(C)(C)CO)C(C)C. The van der Waals surface area contributed by atoms with Crippen molar-refractivity contribution in [2.75, 3.05) is 19.7 Å². The van der Waals surface area contributed by atoms with Gasteiger partial charge in [0.25, 0.3) is 0 Å². The highest BCUT2D eigenvalue weighted by Crippen LogP contribution is 2.29. The molecule has 0 rings (SSSR count). The van der Waals surface area contributed by atoms with Crippen molar-refractivity contribution in [2.45, 2.75) is 53.4 Å². The lowest BCUT2D eigenvalue weighted by Crippen LogP contribution is -2.40. The topological polar surface area (TPSA) is 78.4 Å². The number of carbonyl (C=O) groups excluding carboxylic acids is 2. The number of aliphatic hydroxyl groups excluding tert-OH is 1.